The summed E-state index contributed by atoms with van der Waals surface area (Å²) in [4.78, 5) is 8.31. The third kappa shape index (κ3) is 2.59. The zero-order valence-electron chi connectivity index (χ0n) is 12.7. The summed E-state index contributed by atoms with van der Waals surface area (Å²) >= 11 is 0. The van der Waals surface area contributed by atoms with Crippen molar-refractivity contribution in [1.29, 1.82) is 0 Å². The Hall–Kier alpha value is -2.10. The van der Waals surface area contributed by atoms with Crippen molar-refractivity contribution in [1.82, 2.24) is 9.97 Å². The second-order valence-corrected chi connectivity index (χ2v) is 5.39. The average Bonchev–Trinajstić information content (AvgIpc) is 2.39. The van der Waals surface area contributed by atoms with Crippen molar-refractivity contribution < 1.29 is 4.74 Å². The Morgan fingerprint density at radius 3 is 2.35 bits per heavy atom. The fourth-order valence-corrected chi connectivity index (χ4v) is 2.20. The highest BCUT2D eigenvalue weighted by molar-refractivity contribution is 5.51. The van der Waals surface area contributed by atoms with Gasteiger partial charge in [0, 0.05) is 0 Å². The number of rotatable bonds is 3. The van der Waals surface area contributed by atoms with E-state index in [1.165, 1.54) is 11.9 Å². The van der Waals surface area contributed by atoms with Crippen molar-refractivity contribution in [2.24, 2.45) is 0 Å². The molecule has 20 heavy (non-hydrogen) atoms. The van der Waals surface area contributed by atoms with Gasteiger partial charge in [-0.25, -0.2) is 9.97 Å². The van der Waals surface area contributed by atoms with Gasteiger partial charge in [-0.1, -0.05) is 26.0 Å². The van der Waals surface area contributed by atoms with Gasteiger partial charge in [0.1, 0.15) is 17.9 Å². The quantitative estimate of drug-likeness (QED) is 0.919. The Labute approximate surface area is 120 Å². The Morgan fingerprint density at radius 2 is 1.70 bits per heavy atom. The molecular weight excluding hydrogens is 250 g/mol. The molecule has 2 rings (SSSR count). The Morgan fingerprint density at radius 1 is 1.05 bits per heavy atom. The molecule has 4 heteroatoms. The number of aromatic nitrogens is 2. The zero-order chi connectivity index (χ0) is 14.9. The van der Waals surface area contributed by atoms with Crippen LogP contribution in [0.5, 0.6) is 11.6 Å². The first-order chi connectivity index (χ1) is 9.41. The van der Waals surface area contributed by atoms with E-state index < -0.39 is 0 Å². The van der Waals surface area contributed by atoms with Crippen molar-refractivity contribution in [2.75, 3.05) is 5.73 Å². The van der Waals surface area contributed by atoms with Gasteiger partial charge in [0.2, 0.25) is 5.88 Å². The van der Waals surface area contributed by atoms with E-state index in [0.29, 0.717) is 11.7 Å². The zero-order valence-corrected chi connectivity index (χ0v) is 12.7. The molecule has 106 valence electrons. The fourth-order valence-electron chi connectivity index (χ4n) is 2.20. The van der Waals surface area contributed by atoms with Gasteiger partial charge in [-0.15, -0.1) is 0 Å². The molecule has 0 aliphatic heterocycles. The molecule has 0 saturated carbocycles. The van der Waals surface area contributed by atoms with E-state index >= 15 is 0 Å². The first-order valence-corrected chi connectivity index (χ1v) is 6.76. The summed E-state index contributed by atoms with van der Waals surface area (Å²) in [6, 6.07) is 4.15. The van der Waals surface area contributed by atoms with E-state index in [-0.39, 0.29) is 5.92 Å². The summed E-state index contributed by atoms with van der Waals surface area (Å²) in [7, 11) is 0. The molecule has 0 bridgehead atoms. The van der Waals surface area contributed by atoms with Crippen LogP contribution in [0.25, 0.3) is 0 Å². The molecule has 0 unspecified atom stereocenters. The number of hydrogen-bond donors (Lipinski definition) is 1. The maximum absolute atomic E-state index is 6.06. The van der Waals surface area contributed by atoms with Crippen LogP contribution < -0.4 is 10.5 Å². The predicted molar refractivity (Wildman–Crippen MR) is 81.3 cm³/mol. The molecule has 0 saturated heterocycles. The van der Waals surface area contributed by atoms with Crippen LogP contribution in [0.1, 0.15) is 42.0 Å². The number of nitrogen functional groups attached to an aromatic ring is 1. The second-order valence-electron chi connectivity index (χ2n) is 5.39. The molecule has 0 aliphatic rings. The lowest BCUT2D eigenvalue weighted by Gasteiger charge is -2.17. The topological polar surface area (TPSA) is 61.0 Å². The van der Waals surface area contributed by atoms with Crippen LogP contribution in [-0.2, 0) is 0 Å². The van der Waals surface area contributed by atoms with Crippen molar-refractivity contribution in [3.8, 4) is 11.6 Å². The van der Waals surface area contributed by atoms with Crippen LogP contribution in [0.3, 0.4) is 0 Å². The highest BCUT2D eigenvalue weighted by Crippen LogP contribution is 2.35. The lowest BCUT2D eigenvalue weighted by Crippen LogP contribution is -2.05. The first kappa shape index (κ1) is 14.3. The number of hydrogen-bond acceptors (Lipinski definition) is 4. The van der Waals surface area contributed by atoms with Crippen molar-refractivity contribution in [3.05, 3.63) is 40.7 Å². The maximum atomic E-state index is 6.06. The third-order valence-corrected chi connectivity index (χ3v) is 3.53. The van der Waals surface area contributed by atoms with Crippen LogP contribution in [0.15, 0.2) is 18.5 Å². The van der Waals surface area contributed by atoms with E-state index in [2.05, 4.69) is 49.8 Å². The molecule has 0 aliphatic carbocycles. The predicted octanol–water partition coefficient (Wildman–Crippen LogP) is 3.90. The molecule has 2 N–H and O–H groups in total. The molecule has 0 atom stereocenters. The van der Waals surface area contributed by atoms with E-state index in [1.54, 1.807) is 0 Å². The lowest BCUT2D eigenvalue weighted by molar-refractivity contribution is 0.445. The highest BCUT2D eigenvalue weighted by Gasteiger charge is 2.17. The van der Waals surface area contributed by atoms with Crippen LogP contribution >= 0.6 is 0 Å². The normalized spacial score (nSPS) is 10.9. The molecule has 1 aromatic heterocycles. The smallest absolute Gasteiger partial charge is 0.227 e. The number of nitrogens with two attached hydrogens (primary N) is 1. The minimum atomic E-state index is 0.205. The molecule has 0 amide bonds. The monoisotopic (exact) mass is 271 g/mol. The summed E-state index contributed by atoms with van der Waals surface area (Å²) in [5.74, 6) is 2.08. The number of aryl methyl sites for hydroxylation is 2. The van der Waals surface area contributed by atoms with Crippen LogP contribution in [0.4, 0.5) is 5.82 Å². The van der Waals surface area contributed by atoms with Gasteiger partial charge >= 0.3 is 0 Å². The fraction of sp³-hybridized carbons (Fsp3) is 0.375. The van der Waals surface area contributed by atoms with Crippen LogP contribution in [0.2, 0.25) is 0 Å². The Bertz CT molecular complexity index is 636. The minimum absolute atomic E-state index is 0.205. The highest BCUT2D eigenvalue weighted by atomic mass is 16.5. The standard InChI is InChI=1S/C16H21N3O/c1-9(2)13-15(17)18-8-19-16(13)20-14-11(4)7-6-10(3)12(14)5/h6-9H,1-5H3,(H2,17,18,19). The molecule has 1 heterocycles. The summed E-state index contributed by atoms with van der Waals surface area (Å²) < 4.78 is 6.06. The third-order valence-electron chi connectivity index (χ3n) is 3.53. The van der Waals surface area contributed by atoms with Crippen molar-refractivity contribution in [3.63, 3.8) is 0 Å². The number of benzene rings is 1. The van der Waals surface area contributed by atoms with Gasteiger partial charge in [0.05, 0.1) is 5.56 Å². The maximum Gasteiger partial charge on any atom is 0.227 e. The van der Waals surface area contributed by atoms with Gasteiger partial charge in [0.15, 0.2) is 0 Å². The molecule has 1 aromatic carbocycles. The van der Waals surface area contributed by atoms with Crippen molar-refractivity contribution >= 4 is 5.82 Å². The number of nitrogens with zero attached hydrogens (tertiary/aromatic N) is 2. The molecule has 0 spiro atoms. The average molecular weight is 271 g/mol. The molecular formula is C16H21N3O. The van der Waals surface area contributed by atoms with Crippen LogP contribution in [0, 0.1) is 20.8 Å². The molecule has 2 aromatic rings. The van der Waals surface area contributed by atoms with Crippen molar-refractivity contribution in [2.45, 2.75) is 40.5 Å². The Balaban J connectivity index is 2.51. The summed E-state index contributed by atoms with van der Waals surface area (Å²) in [6.07, 6.45) is 1.44. The Kier molecular flexibility index (Phi) is 3.93. The minimum Gasteiger partial charge on any atom is -0.438 e. The van der Waals surface area contributed by atoms with E-state index in [4.69, 9.17) is 10.5 Å². The largest absolute Gasteiger partial charge is 0.438 e. The summed E-state index contributed by atoms with van der Waals surface area (Å²) in [5, 5.41) is 0. The summed E-state index contributed by atoms with van der Waals surface area (Å²) in [6.45, 7) is 10.3. The molecule has 0 fully saturated rings. The van der Waals surface area contributed by atoms with Crippen LogP contribution in [-0.4, -0.2) is 9.97 Å². The van der Waals surface area contributed by atoms with Gasteiger partial charge in [0.25, 0.3) is 0 Å². The number of anilines is 1. The molecule has 4 nitrogen and oxygen atoms in total. The van der Waals surface area contributed by atoms with E-state index in [0.717, 1.165) is 22.4 Å². The summed E-state index contributed by atoms with van der Waals surface area (Å²) in [5.41, 5.74) is 10.2. The lowest BCUT2D eigenvalue weighted by atomic mass is 10.0. The van der Waals surface area contributed by atoms with E-state index in [9.17, 15) is 0 Å². The van der Waals surface area contributed by atoms with Gasteiger partial charge in [-0.05, 0) is 43.4 Å². The van der Waals surface area contributed by atoms with Gasteiger partial charge in [-0.3, -0.25) is 0 Å². The SMILES string of the molecule is Cc1ccc(C)c(Oc2ncnc(N)c2C(C)C)c1C. The van der Waals surface area contributed by atoms with E-state index in [1.807, 2.05) is 6.92 Å². The van der Waals surface area contributed by atoms with Gasteiger partial charge < -0.3 is 10.5 Å². The second kappa shape index (κ2) is 5.49. The van der Waals surface area contributed by atoms with Gasteiger partial charge in [-0.2, -0.15) is 0 Å². The molecule has 0 radical (unpaired) electrons. The number of ether oxygens (including phenoxy) is 1. The first-order valence-electron chi connectivity index (χ1n) is 6.76.